The third-order valence-electron chi connectivity index (χ3n) is 3.60. The van der Waals surface area contributed by atoms with E-state index in [1.165, 1.54) is 5.56 Å². The second-order valence-electron chi connectivity index (χ2n) is 7.29. The van der Waals surface area contributed by atoms with E-state index < -0.39 is 23.7 Å². The topological polar surface area (TPSA) is 64.6 Å². The molecule has 0 fully saturated rings. The van der Waals surface area contributed by atoms with Gasteiger partial charge in [0.2, 0.25) is 0 Å². The van der Waals surface area contributed by atoms with Crippen molar-refractivity contribution in [3.05, 3.63) is 71.8 Å². The van der Waals surface area contributed by atoms with Gasteiger partial charge >= 0.3 is 173 Å². The molecule has 0 aliphatic heterocycles. The number of carbonyl (C=O) groups is 2. The van der Waals surface area contributed by atoms with Crippen LogP contribution in [0.1, 0.15) is 31.9 Å². The molecule has 2 aromatic rings. The molecule has 150 valence electrons. The fourth-order valence-electron chi connectivity index (χ4n) is 2.32. The minimum atomic E-state index is -0.720. The second-order valence-corrected chi connectivity index (χ2v) is 9.45. The van der Waals surface area contributed by atoms with E-state index in [2.05, 4.69) is 17.4 Å². The Kier molecular flexibility index (Phi) is 8.55. The van der Waals surface area contributed by atoms with Gasteiger partial charge in [-0.2, -0.15) is 0 Å². The van der Waals surface area contributed by atoms with Crippen molar-refractivity contribution in [2.45, 2.75) is 49.7 Å². The first-order valence-corrected chi connectivity index (χ1v) is 11.6. The maximum atomic E-state index is 12.6. The molecular formula is C22H27NO4Se. The van der Waals surface area contributed by atoms with Crippen LogP contribution in [0.2, 0.25) is 5.32 Å². The molecule has 1 atom stereocenters. The van der Waals surface area contributed by atoms with Crippen LogP contribution in [0.5, 0.6) is 0 Å². The van der Waals surface area contributed by atoms with E-state index in [4.69, 9.17) is 9.47 Å². The van der Waals surface area contributed by atoms with E-state index in [1.54, 1.807) is 20.8 Å². The Morgan fingerprint density at radius 3 is 2.11 bits per heavy atom. The summed E-state index contributed by atoms with van der Waals surface area (Å²) < 4.78 is 10.7. The fraction of sp³-hybridized carbons (Fsp3) is 0.364. The molecule has 0 heterocycles. The molecule has 2 rings (SSSR count). The monoisotopic (exact) mass is 449 g/mol. The number of rotatable bonds is 8. The van der Waals surface area contributed by atoms with E-state index in [-0.39, 0.29) is 21.6 Å². The number of ether oxygens (including phenoxy) is 2. The van der Waals surface area contributed by atoms with Gasteiger partial charge in [-0.25, -0.2) is 0 Å². The van der Waals surface area contributed by atoms with Crippen LogP contribution in [0, 0.1) is 0 Å². The first kappa shape index (κ1) is 22.0. The van der Waals surface area contributed by atoms with E-state index in [9.17, 15) is 9.59 Å². The molecule has 0 spiro atoms. The van der Waals surface area contributed by atoms with Crippen molar-refractivity contribution in [1.29, 1.82) is 0 Å². The van der Waals surface area contributed by atoms with E-state index in [0.29, 0.717) is 5.32 Å². The van der Waals surface area contributed by atoms with Crippen molar-refractivity contribution in [3.8, 4) is 0 Å². The van der Waals surface area contributed by atoms with E-state index >= 15 is 0 Å². The molecule has 0 saturated carbocycles. The van der Waals surface area contributed by atoms with Gasteiger partial charge in [-0.05, 0) is 0 Å². The van der Waals surface area contributed by atoms with Gasteiger partial charge in [0.05, 0.1) is 0 Å². The summed E-state index contributed by atoms with van der Waals surface area (Å²) in [6.07, 6.45) is -0.607. The summed E-state index contributed by atoms with van der Waals surface area (Å²) in [6.45, 7) is 5.54. The third-order valence-corrected chi connectivity index (χ3v) is 5.92. The van der Waals surface area contributed by atoms with E-state index in [0.717, 1.165) is 10.9 Å². The normalized spacial score (nSPS) is 12.1. The molecule has 1 amide bonds. The van der Waals surface area contributed by atoms with Crippen molar-refractivity contribution >= 4 is 27.0 Å². The third kappa shape index (κ3) is 8.59. The summed E-state index contributed by atoms with van der Waals surface area (Å²) >= 11 is 0.132. The van der Waals surface area contributed by atoms with Gasteiger partial charge in [-0.3, -0.25) is 0 Å². The van der Waals surface area contributed by atoms with E-state index in [1.807, 2.05) is 48.5 Å². The molecule has 1 N–H and O–H groups in total. The zero-order chi connectivity index (χ0) is 20.4. The Bertz CT molecular complexity index is 744. The van der Waals surface area contributed by atoms with Crippen LogP contribution in [-0.2, 0) is 26.2 Å². The van der Waals surface area contributed by atoms with Gasteiger partial charge in [0, 0.05) is 0 Å². The quantitative estimate of drug-likeness (QED) is 0.491. The first-order chi connectivity index (χ1) is 13.3. The molecule has 0 aliphatic rings. The molecule has 0 unspecified atom stereocenters. The van der Waals surface area contributed by atoms with Crippen molar-refractivity contribution in [2.75, 3.05) is 0 Å². The zero-order valence-corrected chi connectivity index (χ0v) is 18.2. The van der Waals surface area contributed by atoms with Gasteiger partial charge in [-0.15, -0.1) is 0 Å². The van der Waals surface area contributed by atoms with Crippen LogP contribution < -0.4 is 5.32 Å². The van der Waals surface area contributed by atoms with Crippen LogP contribution in [-0.4, -0.2) is 38.7 Å². The maximum absolute atomic E-state index is 12.6. The number of esters is 1. The summed E-state index contributed by atoms with van der Waals surface area (Å²) in [5.74, 6) is -0.440. The molecule has 6 heteroatoms. The van der Waals surface area contributed by atoms with Gasteiger partial charge in [-0.1, -0.05) is 0 Å². The number of hydrogen-bond donors (Lipinski definition) is 1. The molecule has 28 heavy (non-hydrogen) atoms. The standard InChI is InChI=1S/C22H27NO4Se/c1-22(2,3)27-21(25)23-19(16-28-15-18-12-8-5-9-13-18)20(24)26-14-17-10-6-4-7-11-17/h4-13,19H,14-16H2,1-3H3,(H,23,25)/t19-/m0/s1. The number of benzene rings is 2. The number of carbonyl (C=O) groups excluding carboxylic acids is 2. The van der Waals surface area contributed by atoms with Crippen LogP contribution >= 0.6 is 0 Å². The Morgan fingerprint density at radius 2 is 1.54 bits per heavy atom. The van der Waals surface area contributed by atoms with Crippen molar-refractivity contribution < 1.29 is 19.1 Å². The molecule has 0 radical (unpaired) electrons. The Labute approximate surface area is 173 Å². The Balaban J connectivity index is 1.93. The summed E-state index contributed by atoms with van der Waals surface area (Å²) in [6, 6.07) is 18.8. The number of nitrogens with one attached hydrogen (secondary N) is 1. The van der Waals surface area contributed by atoms with Gasteiger partial charge < -0.3 is 0 Å². The molecular weight excluding hydrogens is 421 g/mol. The molecule has 0 bridgehead atoms. The van der Waals surface area contributed by atoms with Crippen LogP contribution in [0.15, 0.2) is 60.7 Å². The van der Waals surface area contributed by atoms with Crippen molar-refractivity contribution in [1.82, 2.24) is 5.32 Å². The van der Waals surface area contributed by atoms with Crippen molar-refractivity contribution in [3.63, 3.8) is 0 Å². The zero-order valence-electron chi connectivity index (χ0n) is 16.5. The van der Waals surface area contributed by atoms with Crippen LogP contribution in [0.3, 0.4) is 0 Å². The number of hydrogen-bond acceptors (Lipinski definition) is 4. The summed E-state index contributed by atoms with van der Waals surface area (Å²) in [5.41, 5.74) is 1.50. The SMILES string of the molecule is CC(C)(C)OC(=O)N[C@@H](C[Se]Cc1ccccc1)C(=O)OCc1ccccc1. The molecule has 5 nitrogen and oxygen atoms in total. The summed E-state index contributed by atoms with van der Waals surface area (Å²) in [7, 11) is 0. The average molecular weight is 448 g/mol. The minimum absolute atomic E-state index is 0.132. The number of amides is 1. The van der Waals surface area contributed by atoms with Gasteiger partial charge in [0.15, 0.2) is 0 Å². The second kappa shape index (κ2) is 10.9. The fourth-order valence-corrected chi connectivity index (χ4v) is 4.42. The number of alkyl carbamates (subject to hydrolysis) is 1. The molecule has 0 aliphatic carbocycles. The Morgan fingerprint density at radius 1 is 0.964 bits per heavy atom. The summed E-state index contributed by atoms with van der Waals surface area (Å²) in [4.78, 5) is 24.7. The molecule has 0 aromatic heterocycles. The first-order valence-electron chi connectivity index (χ1n) is 9.15. The van der Waals surface area contributed by atoms with Gasteiger partial charge in [0.25, 0.3) is 0 Å². The van der Waals surface area contributed by atoms with Crippen LogP contribution in [0.25, 0.3) is 0 Å². The van der Waals surface area contributed by atoms with Crippen molar-refractivity contribution in [2.24, 2.45) is 0 Å². The van der Waals surface area contributed by atoms with Gasteiger partial charge in [0.1, 0.15) is 0 Å². The molecule has 0 saturated heterocycles. The molecule has 2 aromatic carbocycles. The predicted molar refractivity (Wildman–Crippen MR) is 110 cm³/mol. The Hall–Kier alpha value is -2.30. The predicted octanol–water partition coefficient (Wildman–Crippen LogP) is 3.95. The summed E-state index contributed by atoms with van der Waals surface area (Å²) in [5, 5.41) is 4.09. The van der Waals surface area contributed by atoms with Crippen LogP contribution in [0.4, 0.5) is 4.79 Å². The average Bonchev–Trinajstić information content (AvgIpc) is 2.65.